The van der Waals surface area contributed by atoms with Gasteiger partial charge in [-0.05, 0) is 19.0 Å². The Kier molecular flexibility index (Phi) is 4.85. The largest absolute Gasteiger partial charge is 0.416 e. The van der Waals surface area contributed by atoms with E-state index in [1.54, 1.807) is 0 Å². The van der Waals surface area contributed by atoms with Crippen LogP contribution in [0.25, 0.3) is 0 Å². The van der Waals surface area contributed by atoms with Crippen LogP contribution >= 0.6 is 0 Å². The second-order valence-electron chi connectivity index (χ2n) is 4.48. The number of halogens is 3. The van der Waals surface area contributed by atoms with E-state index in [1.807, 2.05) is 6.92 Å². The van der Waals surface area contributed by atoms with E-state index >= 15 is 0 Å². The second kappa shape index (κ2) is 6.62. The molecule has 0 aromatic carbocycles. The topological polar surface area (TPSA) is 50.7 Å². The average molecular weight is 296 g/mol. The number of nitrogens with zero attached hydrogens (tertiary/aromatic N) is 3. The molecular weight excluding hydrogens is 281 g/mol. The molecule has 4 nitrogen and oxygen atoms in total. The van der Waals surface area contributed by atoms with Crippen molar-refractivity contribution in [2.45, 2.75) is 25.6 Å². The maximum absolute atomic E-state index is 13.2. The van der Waals surface area contributed by atoms with E-state index in [4.69, 9.17) is 0 Å². The molecule has 2 aromatic rings. The summed E-state index contributed by atoms with van der Waals surface area (Å²) in [6.45, 7) is 2.50. The Morgan fingerprint density at radius 2 is 1.90 bits per heavy atom. The van der Waals surface area contributed by atoms with Crippen LogP contribution in [0, 0.1) is 0 Å². The molecule has 0 radical (unpaired) electrons. The van der Waals surface area contributed by atoms with Gasteiger partial charge < -0.3 is 5.32 Å². The van der Waals surface area contributed by atoms with Gasteiger partial charge in [-0.15, -0.1) is 0 Å². The lowest BCUT2D eigenvalue weighted by atomic mass is 10.00. The Bertz CT molecular complexity index is 572. The number of hydrogen-bond acceptors (Lipinski definition) is 4. The van der Waals surface area contributed by atoms with Gasteiger partial charge >= 0.3 is 6.18 Å². The van der Waals surface area contributed by atoms with Crippen molar-refractivity contribution in [3.63, 3.8) is 0 Å². The highest BCUT2D eigenvalue weighted by Crippen LogP contribution is 2.35. The molecule has 2 aromatic heterocycles. The van der Waals surface area contributed by atoms with Crippen LogP contribution in [0.15, 0.2) is 37.1 Å². The molecule has 2 heterocycles. The van der Waals surface area contributed by atoms with Crippen LogP contribution in [-0.2, 0) is 6.18 Å². The van der Waals surface area contributed by atoms with E-state index in [-0.39, 0.29) is 5.56 Å². The van der Waals surface area contributed by atoms with Crippen molar-refractivity contribution < 1.29 is 13.2 Å². The molecule has 1 unspecified atom stereocenters. The number of pyridine rings is 1. The molecule has 0 bridgehead atoms. The Balaban J connectivity index is 2.47. The second-order valence-corrected chi connectivity index (χ2v) is 4.48. The lowest BCUT2D eigenvalue weighted by Crippen LogP contribution is -2.27. The first-order valence-electron chi connectivity index (χ1n) is 6.54. The smallest absolute Gasteiger partial charge is 0.305 e. The molecule has 0 aliphatic carbocycles. The van der Waals surface area contributed by atoms with Crippen molar-refractivity contribution in [2.24, 2.45) is 0 Å². The molecule has 0 saturated heterocycles. The molecule has 0 spiro atoms. The SMILES string of the molecule is CCCNC(c1cnccn1)c1cnccc1C(F)(F)F. The maximum atomic E-state index is 13.2. The van der Waals surface area contributed by atoms with E-state index in [9.17, 15) is 13.2 Å². The molecule has 112 valence electrons. The maximum Gasteiger partial charge on any atom is 0.416 e. The van der Waals surface area contributed by atoms with Crippen molar-refractivity contribution in [2.75, 3.05) is 6.54 Å². The number of nitrogens with one attached hydrogen (secondary N) is 1. The third-order valence-corrected chi connectivity index (χ3v) is 2.95. The minimum atomic E-state index is -4.44. The summed E-state index contributed by atoms with van der Waals surface area (Å²) in [5.74, 6) is 0. The van der Waals surface area contributed by atoms with Gasteiger partial charge in [0.15, 0.2) is 0 Å². The highest BCUT2D eigenvalue weighted by Gasteiger charge is 2.35. The summed E-state index contributed by atoms with van der Waals surface area (Å²) < 4.78 is 39.5. The van der Waals surface area contributed by atoms with Crippen LogP contribution in [-0.4, -0.2) is 21.5 Å². The summed E-state index contributed by atoms with van der Waals surface area (Å²) in [6, 6.07) is 0.288. The van der Waals surface area contributed by atoms with E-state index in [0.717, 1.165) is 18.7 Å². The van der Waals surface area contributed by atoms with Gasteiger partial charge in [0.2, 0.25) is 0 Å². The summed E-state index contributed by atoms with van der Waals surface area (Å²) in [5, 5.41) is 3.07. The Labute approximate surface area is 120 Å². The van der Waals surface area contributed by atoms with Crippen molar-refractivity contribution in [1.82, 2.24) is 20.3 Å². The first kappa shape index (κ1) is 15.4. The quantitative estimate of drug-likeness (QED) is 0.921. The molecule has 0 aliphatic rings. The van der Waals surface area contributed by atoms with Crippen molar-refractivity contribution in [3.8, 4) is 0 Å². The third-order valence-electron chi connectivity index (χ3n) is 2.95. The zero-order valence-corrected chi connectivity index (χ0v) is 11.4. The molecular formula is C14H15F3N4. The molecule has 0 amide bonds. The Hall–Kier alpha value is -2.02. The van der Waals surface area contributed by atoms with Gasteiger partial charge in [0.1, 0.15) is 0 Å². The molecule has 2 rings (SSSR count). The summed E-state index contributed by atoms with van der Waals surface area (Å²) in [5.41, 5.74) is -0.222. The van der Waals surface area contributed by atoms with Crippen molar-refractivity contribution >= 4 is 0 Å². The number of alkyl halides is 3. The Morgan fingerprint density at radius 1 is 1.14 bits per heavy atom. The van der Waals surface area contributed by atoms with E-state index in [1.165, 1.54) is 24.8 Å². The molecule has 0 aliphatic heterocycles. The number of rotatable bonds is 5. The van der Waals surface area contributed by atoms with E-state index < -0.39 is 17.8 Å². The molecule has 0 saturated carbocycles. The molecule has 0 fully saturated rings. The van der Waals surface area contributed by atoms with E-state index in [2.05, 4.69) is 20.3 Å². The predicted octanol–water partition coefficient (Wildman–Crippen LogP) is 2.98. The van der Waals surface area contributed by atoms with Crippen molar-refractivity contribution in [3.05, 3.63) is 53.9 Å². The molecule has 1 N–H and O–H groups in total. The zero-order valence-electron chi connectivity index (χ0n) is 11.4. The van der Waals surface area contributed by atoms with Gasteiger partial charge in [0.25, 0.3) is 0 Å². The zero-order chi connectivity index (χ0) is 15.3. The van der Waals surface area contributed by atoms with Gasteiger partial charge in [-0.1, -0.05) is 6.92 Å². The summed E-state index contributed by atoms with van der Waals surface area (Å²) in [7, 11) is 0. The van der Waals surface area contributed by atoms with Crippen LogP contribution in [0.1, 0.15) is 36.2 Å². The average Bonchev–Trinajstić information content (AvgIpc) is 2.48. The number of aromatic nitrogens is 3. The van der Waals surface area contributed by atoms with Gasteiger partial charge in [0.05, 0.1) is 23.5 Å². The fourth-order valence-corrected chi connectivity index (χ4v) is 2.02. The fourth-order valence-electron chi connectivity index (χ4n) is 2.02. The summed E-state index contributed by atoms with van der Waals surface area (Å²) >= 11 is 0. The normalized spacial score (nSPS) is 13.1. The lowest BCUT2D eigenvalue weighted by Gasteiger charge is -2.21. The van der Waals surface area contributed by atoms with Crippen LogP contribution in [0.4, 0.5) is 13.2 Å². The van der Waals surface area contributed by atoms with Crippen molar-refractivity contribution in [1.29, 1.82) is 0 Å². The van der Waals surface area contributed by atoms with E-state index in [0.29, 0.717) is 12.2 Å². The Morgan fingerprint density at radius 3 is 2.52 bits per heavy atom. The molecule has 7 heteroatoms. The van der Waals surface area contributed by atoms with Crippen LogP contribution in [0.5, 0.6) is 0 Å². The minimum absolute atomic E-state index is 0.0546. The molecule has 1 atom stereocenters. The van der Waals surface area contributed by atoms with Crippen LogP contribution < -0.4 is 5.32 Å². The first-order valence-corrected chi connectivity index (χ1v) is 6.54. The fraction of sp³-hybridized carbons (Fsp3) is 0.357. The van der Waals surface area contributed by atoms with Gasteiger partial charge in [-0.25, -0.2) is 0 Å². The van der Waals surface area contributed by atoms with Gasteiger partial charge in [0, 0.05) is 30.4 Å². The highest BCUT2D eigenvalue weighted by molar-refractivity contribution is 5.34. The highest BCUT2D eigenvalue weighted by atomic mass is 19.4. The minimum Gasteiger partial charge on any atom is -0.305 e. The summed E-state index contributed by atoms with van der Waals surface area (Å²) in [6.07, 6.45) is 3.12. The predicted molar refractivity (Wildman–Crippen MR) is 71.4 cm³/mol. The summed E-state index contributed by atoms with van der Waals surface area (Å²) in [4.78, 5) is 11.9. The first-order chi connectivity index (χ1) is 10.0. The van der Waals surface area contributed by atoms with Crippen LogP contribution in [0.3, 0.4) is 0 Å². The molecule has 21 heavy (non-hydrogen) atoms. The lowest BCUT2D eigenvalue weighted by molar-refractivity contribution is -0.138. The standard InChI is InChI=1S/C14H15F3N4/c1-2-4-21-13(12-9-19-6-7-20-12)10-8-18-5-3-11(10)14(15,16)17/h3,5-9,13,21H,2,4H2,1H3. The van der Waals surface area contributed by atoms with Crippen LogP contribution in [0.2, 0.25) is 0 Å². The van der Waals surface area contributed by atoms with Gasteiger partial charge in [-0.3, -0.25) is 15.0 Å². The van der Waals surface area contributed by atoms with Gasteiger partial charge in [-0.2, -0.15) is 13.2 Å². The third kappa shape index (κ3) is 3.75. The monoisotopic (exact) mass is 296 g/mol. The number of hydrogen-bond donors (Lipinski definition) is 1.